The highest BCUT2D eigenvalue weighted by molar-refractivity contribution is 5.75. The van der Waals surface area contributed by atoms with E-state index < -0.39 is 11.7 Å². The fourth-order valence-electron chi connectivity index (χ4n) is 3.19. The summed E-state index contributed by atoms with van der Waals surface area (Å²) in [4.78, 5) is 14.0. The topological polar surface area (TPSA) is 50.2 Å². The van der Waals surface area contributed by atoms with Crippen LogP contribution in [0.25, 0.3) is 0 Å². The van der Waals surface area contributed by atoms with E-state index in [4.69, 9.17) is 0 Å². The average molecular weight is 316 g/mol. The maximum atomic E-state index is 12.9. The van der Waals surface area contributed by atoms with Gasteiger partial charge in [0, 0.05) is 19.6 Å². The van der Waals surface area contributed by atoms with Gasteiger partial charge in [0.2, 0.25) is 0 Å². The van der Waals surface area contributed by atoms with Gasteiger partial charge in [0.25, 0.3) is 0 Å². The Morgan fingerprint density at radius 2 is 2.14 bits per heavy atom. The lowest BCUT2D eigenvalue weighted by atomic mass is 10.1. The number of alkyl halides is 3. The molecule has 1 unspecified atom stereocenters. The van der Waals surface area contributed by atoms with Crippen molar-refractivity contribution in [3.05, 3.63) is 17.5 Å². The van der Waals surface area contributed by atoms with Gasteiger partial charge in [-0.2, -0.15) is 18.3 Å². The number of aromatic nitrogens is 2. The van der Waals surface area contributed by atoms with Crippen LogP contribution in [0, 0.1) is 5.92 Å². The molecule has 0 aromatic carbocycles. The molecule has 0 bridgehead atoms. The zero-order valence-electron chi connectivity index (χ0n) is 12.4. The summed E-state index contributed by atoms with van der Waals surface area (Å²) in [5, 5.41) is 6.26. The van der Waals surface area contributed by atoms with Crippen LogP contribution in [0.2, 0.25) is 0 Å². The lowest BCUT2D eigenvalue weighted by Gasteiger charge is -2.25. The number of carbonyl (C=O) groups excluding carboxylic acids is 1. The molecule has 3 rings (SSSR count). The van der Waals surface area contributed by atoms with Crippen molar-refractivity contribution in [3.63, 3.8) is 0 Å². The van der Waals surface area contributed by atoms with Gasteiger partial charge in [0.15, 0.2) is 0 Å². The quantitative estimate of drug-likeness (QED) is 0.931. The summed E-state index contributed by atoms with van der Waals surface area (Å²) in [6.45, 7) is 0.516. The molecule has 1 aromatic rings. The predicted molar refractivity (Wildman–Crippen MR) is 72.9 cm³/mol. The molecule has 22 heavy (non-hydrogen) atoms. The number of rotatable bonds is 3. The minimum Gasteiger partial charge on any atom is -0.332 e. The second kappa shape index (κ2) is 5.48. The summed E-state index contributed by atoms with van der Waals surface area (Å²) >= 11 is 0. The Morgan fingerprint density at radius 1 is 1.41 bits per heavy atom. The predicted octanol–water partition coefficient (Wildman–Crippen LogP) is 2.52. The van der Waals surface area contributed by atoms with E-state index in [-0.39, 0.29) is 24.3 Å². The molecule has 1 saturated heterocycles. The highest BCUT2D eigenvalue weighted by Gasteiger charge is 2.40. The first kappa shape index (κ1) is 15.2. The van der Waals surface area contributed by atoms with Crippen molar-refractivity contribution in [2.45, 2.75) is 44.4 Å². The first-order chi connectivity index (χ1) is 10.4. The molecule has 2 fully saturated rings. The molecule has 122 valence electrons. The van der Waals surface area contributed by atoms with Gasteiger partial charge in [-0.3, -0.25) is 4.68 Å². The van der Waals surface area contributed by atoms with Crippen molar-refractivity contribution in [1.29, 1.82) is 0 Å². The Morgan fingerprint density at radius 3 is 2.77 bits per heavy atom. The number of urea groups is 1. The average Bonchev–Trinajstić information content (AvgIpc) is 3.04. The molecule has 0 radical (unpaired) electrons. The van der Waals surface area contributed by atoms with Crippen LogP contribution < -0.4 is 5.32 Å². The third kappa shape index (κ3) is 2.91. The van der Waals surface area contributed by atoms with Crippen LogP contribution in [0.5, 0.6) is 0 Å². The smallest absolute Gasteiger partial charge is 0.332 e. The van der Waals surface area contributed by atoms with Crippen LogP contribution in [-0.2, 0) is 19.8 Å². The summed E-state index contributed by atoms with van der Waals surface area (Å²) in [5.74, 6) is 0.579. The summed E-state index contributed by atoms with van der Waals surface area (Å²) < 4.78 is 39.8. The number of hydrogen-bond donors (Lipinski definition) is 1. The SMILES string of the molecule is Cn1ncc(C(F)(F)F)c1CNC(=O)N1CCCC1C1CC1. The molecule has 8 heteroatoms. The molecule has 1 N–H and O–H groups in total. The largest absolute Gasteiger partial charge is 0.419 e. The fraction of sp³-hybridized carbons (Fsp3) is 0.714. The van der Waals surface area contributed by atoms with Crippen molar-refractivity contribution >= 4 is 6.03 Å². The Kier molecular flexibility index (Phi) is 3.78. The van der Waals surface area contributed by atoms with Gasteiger partial charge in [0.1, 0.15) is 0 Å². The Labute approximate surface area is 126 Å². The number of aryl methyl sites for hydroxylation is 1. The molecular weight excluding hydrogens is 297 g/mol. The summed E-state index contributed by atoms with van der Waals surface area (Å²) in [7, 11) is 1.44. The standard InChI is InChI=1S/C14H19F3N4O/c1-20-12(10(7-19-20)14(15,16)17)8-18-13(22)21-6-2-3-11(21)9-4-5-9/h7,9,11H,2-6,8H2,1H3,(H,18,22). The van der Waals surface area contributed by atoms with E-state index >= 15 is 0 Å². The van der Waals surface area contributed by atoms with E-state index in [1.165, 1.54) is 7.05 Å². The number of amides is 2. The number of halogens is 3. The van der Waals surface area contributed by atoms with Gasteiger partial charge in [0.05, 0.1) is 24.0 Å². The van der Waals surface area contributed by atoms with Gasteiger partial charge in [-0.25, -0.2) is 4.79 Å². The molecule has 2 amide bonds. The zero-order valence-corrected chi connectivity index (χ0v) is 12.4. The number of carbonyl (C=O) groups is 1. The minimum absolute atomic E-state index is 0.0250. The van der Waals surface area contributed by atoms with Gasteiger partial charge >= 0.3 is 12.2 Å². The first-order valence-electron chi connectivity index (χ1n) is 7.50. The van der Waals surface area contributed by atoms with Gasteiger partial charge < -0.3 is 10.2 Å². The molecule has 1 aliphatic carbocycles. The van der Waals surface area contributed by atoms with E-state index in [0.29, 0.717) is 12.5 Å². The first-order valence-corrected chi connectivity index (χ1v) is 7.50. The molecule has 1 aliphatic heterocycles. The number of nitrogens with one attached hydrogen (secondary N) is 1. The Hall–Kier alpha value is -1.73. The molecule has 2 heterocycles. The highest BCUT2D eigenvalue weighted by Crippen LogP contribution is 2.40. The van der Waals surface area contributed by atoms with Crippen molar-refractivity contribution in [2.24, 2.45) is 13.0 Å². The molecule has 5 nitrogen and oxygen atoms in total. The minimum atomic E-state index is -4.46. The lowest BCUT2D eigenvalue weighted by Crippen LogP contribution is -2.43. The van der Waals surface area contributed by atoms with E-state index in [1.807, 2.05) is 0 Å². The molecule has 2 aliphatic rings. The highest BCUT2D eigenvalue weighted by atomic mass is 19.4. The van der Waals surface area contributed by atoms with E-state index in [9.17, 15) is 18.0 Å². The number of hydrogen-bond acceptors (Lipinski definition) is 2. The summed E-state index contributed by atoms with van der Waals surface area (Å²) in [6, 6.07) is -0.0163. The van der Waals surface area contributed by atoms with Crippen LogP contribution in [-0.4, -0.2) is 33.3 Å². The second-order valence-corrected chi connectivity index (χ2v) is 6.03. The maximum Gasteiger partial charge on any atom is 0.419 e. The third-order valence-corrected chi connectivity index (χ3v) is 4.50. The van der Waals surface area contributed by atoms with E-state index in [1.54, 1.807) is 4.90 Å². The van der Waals surface area contributed by atoms with Crippen molar-refractivity contribution in [2.75, 3.05) is 6.54 Å². The van der Waals surface area contributed by atoms with Crippen molar-refractivity contribution in [3.8, 4) is 0 Å². The molecule has 1 atom stereocenters. The third-order valence-electron chi connectivity index (χ3n) is 4.50. The Bertz CT molecular complexity index is 565. The lowest BCUT2D eigenvalue weighted by molar-refractivity contribution is -0.138. The molecular formula is C14H19F3N4O. The van der Waals surface area contributed by atoms with Gasteiger partial charge in [-0.05, 0) is 31.6 Å². The second-order valence-electron chi connectivity index (χ2n) is 6.03. The number of nitrogens with zero attached hydrogens (tertiary/aromatic N) is 3. The van der Waals surface area contributed by atoms with E-state index in [2.05, 4.69) is 10.4 Å². The van der Waals surface area contributed by atoms with Crippen LogP contribution in [0.3, 0.4) is 0 Å². The summed E-state index contributed by atoms with van der Waals surface area (Å²) in [5.41, 5.74) is -0.821. The van der Waals surface area contributed by atoms with E-state index in [0.717, 1.165) is 36.6 Å². The van der Waals surface area contributed by atoms with Crippen LogP contribution >= 0.6 is 0 Å². The maximum absolute atomic E-state index is 12.9. The van der Waals surface area contributed by atoms with Crippen molar-refractivity contribution < 1.29 is 18.0 Å². The normalized spacial score (nSPS) is 22.2. The molecule has 1 aromatic heterocycles. The van der Waals surface area contributed by atoms with Gasteiger partial charge in [-0.15, -0.1) is 0 Å². The Balaban J connectivity index is 1.65. The zero-order chi connectivity index (χ0) is 15.9. The van der Waals surface area contributed by atoms with Gasteiger partial charge in [-0.1, -0.05) is 0 Å². The van der Waals surface area contributed by atoms with Crippen LogP contribution in [0.1, 0.15) is 36.9 Å². The molecule has 0 spiro atoms. The molecule has 1 saturated carbocycles. The monoisotopic (exact) mass is 316 g/mol. The van der Waals surface area contributed by atoms with Crippen molar-refractivity contribution in [1.82, 2.24) is 20.0 Å². The van der Waals surface area contributed by atoms with Crippen LogP contribution in [0.15, 0.2) is 6.20 Å². The summed E-state index contributed by atoms with van der Waals surface area (Å²) in [6.07, 6.45) is 0.595. The number of likely N-dealkylation sites (tertiary alicyclic amines) is 1. The van der Waals surface area contributed by atoms with Crippen LogP contribution in [0.4, 0.5) is 18.0 Å². The fourth-order valence-corrected chi connectivity index (χ4v) is 3.19.